The fourth-order valence-corrected chi connectivity index (χ4v) is 4.23. The lowest BCUT2D eigenvalue weighted by molar-refractivity contribution is 1.01. The van der Waals surface area contributed by atoms with Gasteiger partial charge < -0.3 is 4.72 Å². The molecule has 3 aromatic carbocycles. The summed E-state index contributed by atoms with van der Waals surface area (Å²) in [4.78, 5) is 1.11. The predicted molar refractivity (Wildman–Crippen MR) is 121 cm³/mol. The summed E-state index contributed by atoms with van der Waals surface area (Å²) in [5.41, 5.74) is 7.30. The lowest BCUT2D eigenvalue weighted by atomic mass is 9.99. The molecule has 0 saturated carbocycles. The minimum Gasteiger partial charge on any atom is -0.325 e. The minimum atomic E-state index is 0.764. The second kappa shape index (κ2) is 9.16. The predicted octanol–water partition coefficient (Wildman–Crippen LogP) is 7.86. The molecule has 0 bridgehead atoms. The van der Waals surface area contributed by atoms with Gasteiger partial charge in [0.1, 0.15) is 0 Å². The number of anilines is 1. The molecule has 0 radical (unpaired) electrons. The number of nitrogens with one attached hydrogen (secondary N) is 1. The molecule has 3 heteroatoms. The molecule has 0 atom stereocenters. The molecule has 0 heterocycles. The maximum Gasteiger partial charge on any atom is 0.0481 e. The number of rotatable bonds is 7. The normalized spacial score (nSPS) is 10.6. The molecule has 0 aromatic heterocycles. The molecule has 3 rings (SSSR count). The van der Waals surface area contributed by atoms with Crippen LogP contribution in [0.1, 0.15) is 23.1 Å². The summed E-state index contributed by atoms with van der Waals surface area (Å²) in [7, 11) is 0. The van der Waals surface area contributed by atoms with Gasteiger partial charge in [-0.05, 0) is 85.2 Å². The van der Waals surface area contributed by atoms with Gasteiger partial charge in [-0.25, -0.2) is 0 Å². The highest BCUT2D eigenvalue weighted by atomic mass is 35.5. The summed E-state index contributed by atoms with van der Waals surface area (Å²) >= 11 is 7.80. The number of benzene rings is 3. The molecule has 0 spiro atoms. The maximum absolute atomic E-state index is 6.20. The molecule has 1 nitrogen and oxygen atoms in total. The van der Waals surface area contributed by atoms with E-state index < -0.39 is 0 Å². The Balaban J connectivity index is 1.89. The van der Waals surface area contributed by atoms with Crippen LogP contribution < -0.4 is 4.72 Å². The molecule has 0 fully saturated rings. The second-order valence-corrected chi connectivity index (χ2v) is 8.05. The van der Waals surface area contributed by atoms with Crippen molar-refractivity contribution < 1.29 is 0 Å². The fourth-order valence-electron chi connectivity index (χ4n) is 3.03. The van der Waals surface area contributed by atoms with Crippen molar-refractivity contribution in [3.63, 3.8) is 0 Å². The lowest BCUT2D eigenvalue weighted by Gasteiger charge is -2.14. The van der Waals surface area contributed by atoms with E-state index in [1.165, 1.54) is 22.3 Å². The van der Waals surface area contributed by atoms with Crippen LogP contribution in [0.4, 0.5) is 5.69 Å². The molecule has 0 aliphatic heterocycles. The van der Waals surface area contributed by atoms with Crippen LogP contribution >= 0.6 is 23.5 Å². The van der Waals surface area contributed by atoms with Gasteiger partial charge in [0.05, 0.1) is 0 Å². The van der Waals surface area contributed by atoms with E-state index in [4.69, 9.17) is 11.6 Å². The number of halogens is 1. The SMILES string of the molecule is C=CCCc1ccc(-c2cccc(C)c2)cc1NSc1cc(C)cc(Cl)c1. The van der Waals surface area contributed by atoms with Gasteiger partial charge in [0.2, 0.25) is 0 Å². The molecule has 0 saturated heterocycles. The van der Waals surface area contributed by atoms with Gasteiger partial charge in [-0.15, -0.1) is 6.58 Å². The summed E-state index contributed by atoms with van der Waals surface area (Å²) < 4.78 is 3.54. The van der Waals surface area contributed by atoms with Crippen LogP contribution in [0.15, 0.2) is 78.2 Å². The Hall–Kier alpha value is -2.16. The molecule has 0 aliphatic carbocycles. The van der Waals surface area contributed by atoms with Crippen LogP contribution in [-0.4, -0.2) is 0 Å². The summed E-state index contributed by atoms with van der Waals surface area (Å²) in [5.74, 6) is 0. The van der Waals surface area contributed by atoms with Gasteiger partial charge in [-0.3, -0.25) is 0 Å². The molecule has 1 N–H and O–H groups in total. The van der Waals surface area contributed by atoms with E-state index in [1.807, 2.05) is 18.2 Å². The second-order valence-electron chi connectivity index (χ2n) is 6.74. The number of hydrogen-bond donors (Lipinski definition) is 1. The van der Waals surface area contributed by atoms with E-state index in [0.717, 1.165) is 34.0 Å². The zero-order valence-electron chi connectivity index (χ0n) is 15.8. The number of hydrogen-bond acceptors (Lipinski definition) is 2. The molecular formula is C24H24ClNS. The van der Waals surface area contributed by atoms with Crippen molar-refractivity contribution in [1.29, 1.82) is 0 Å². The summed E-state index contributed by atoms with van der Waals surface area (Å²) in [6, 6.07) is 21.3. The van der Waals surface area contributed by atoms with E-state index in [1.54, 1.807) is 11.9 Å². The lowest BCUT2D eigenvalue weighted by Crippen LogP contribution is -1.95. The van der Waals surface area contributed by atoms with Gasteiger partial charge in [-0.2, -0.15) is 0 Å². The summed E-state index contributed by atoms with van der Waals surface area (Å²) in [5, 5.41) is 0.764. The summed E-state index contributed by atoms with van der Waals surface area (Å²) in [6.07, 6.45) is 3.89. The molecule has 0 amide bonds. The monoisotopic (exact) mass is 393 g/mol. The van der Waals surface area contributed by atoms with Gasteiger partial charge in [-0.1, -0.05) is 59.6 Å². The third kappa shape index (κ3) is 5.41. The van der Waals surface area contributed by atoms with Crippen molar-refractivity contribution in [3.8, 4) is 11.1 Å². The van der Waals surface area contributed by atoms with Crippen molar-refractivity contribution in [2.45, 2.75) is 31.6 Å². The first kappa shape index (κ1) is 19.6. The van der Waals surface area contributed by atoms with Crippen LogP contribution in [-0.2, 0) is 6.42 Å². The first-order chi connectivity index (χ1) is 13.0. The minimum absolute atomic E-state index is 0.764. The van der Waals surface area contributed by atoms with Crippen molar-refractivity contribution in [3.05, 3.63) is 95.0 Å². The highest BCUT2D eigenvalue weighted by Crippen LogP contribution is 2.31. The van der Waals surface area contributed by atoms with E-state index >= 15 is 0 Å². The third-order valence-electron chi connectivity index (χ3n) is 4.37. The van der Waals surface area contributed by atoms with Crippen LogP contribution in [0.2, 0.25) is 5.02 Å². The smallest absolute Gasteiger partial charge is 0.0481 e. The molecule has 138 valence electrons. The average Bonchev–Trinajstić information content (AvgIpc) is 2.64. The topological polar surface area (TPSA) is 12.0 Å². The first-order valence-corrected chi connectivity index (χ1v) is 10.3. The van der Waals surface area contributed by atoms with E-state index in [0.29, 0.717) is 0 Å². The van der Waals surface area contributed by atoms with Crippen molar-refractivity contribution in [2.24, 2.45) is 0 Å². The Bertz CT molecular complexity index is 929. The van der Waals surface area contributed by atoms with Gasteiger partial charge in [0.15, 0.2) is 0 Å². The molecule has 27 heavy (non-hydrogen) atoms. The van der Waals surface area contributed by atoms with Crippen molar-refractivity contribution in [1.82, 2.24) is 0 Å². The van der Waals surface area contributed by atoms with Gasteiger partial charge in [0, 0.05) is 15.6 Å². The molecule has 0 aliphatic rings. The van der Waals surface area contributed by atoms with Gasteiger partial charge >= 0.3 is 0 Å². The van der Waals surface area contributed by atoms with Crippen LogP contribution in [0.25, 0.3) is 11.1 Å². The Morgan fingerprint density at radius 3 is 2.52 bits per heavy atom. The Labute approximate surface area is 171 Å². The maximum atomic E-state index is 6.20. The van der Waals surface area contributed by atoms with Gasteiger partial charge in [0.25, 0.3) is 0 Å². The Kier molecular flexibility index (Phi) is 6.65. The Morgan fingerprint density at radius 1 is 0.963 bits per heavy atom. The fraction of sp³-hybridized carbons (Fsp3) is 0.167. The standard InChI is InChI=1S/C24H24ClNS/c1-4-5-8-19-10-11-21(20-9-6-7-17(2)12-20)15-24(19)26-27-23-14-18(3)13-22(25)16-23/h4,6-7,9-16,26H,1,5,8H2,2-3H3. The Morgan fingerprint density at radius 2 is 1.78 bits per heavy atom. The van der Waals surface area contributed by atoms with E-state index in [2.05, 4.69) is 73.7 Å². The quantitative estimate of drug-likeness (QED) is 0.323. The molecule has 3 aromatic rings. The highest BCUT2D eigenvalue weighted by Gasteiger charge is 2.07. The third-order valence-corrected chi connectivity index (χ3v) is 5.39. The van der Waals surface area contributed by atoms with Crippen LogP contribution in [0.3, 0.4) is 0 Å². The zero-order valence-corrected chi connectivity index (χ0v) is 17.3. The number of allylic oxidation sites excluding steroid dienone is 1. The van der Waals surface area contributed by atoms with Crippen molar-refractivity contribution >= 4 is 29.2 Å². The van der Waals surface area contributed by atoms with Crippen LogP contribution in [0, 0.1) is 13.8 Å². The van der Waals surface area contributed by atoms with E-state index in [9.17, 15) is 0 Å². The summed E-state index contributed by atoms with van der Waals surface area (Å²) in [6.45, 7) is 8.04. The van der Waals surface area contributed by atoms with E-state index in [-0.39, 0.29) is 0 Å². The van der Waals surface area contributed by atoms with Crippen molar-refractivity contribution in [2.75, 3.05) is 4.72 Å². The zero-order chi connectivity index (χ0) is 19.2. The average molecular weight is 394 g/mol. The molecular weight excluding hydrogens is 370 g/mol. The highest BCUT2D eigenvalue weighted by molar-refractivity contribution is 8.00. The number of aryl methyl sites for hydroxylation is 3. The first-order valence-electron chi connectivity index (χ1n) is 9.06. The molecule has 0 unspecified atom stereocenters. The van der Waals surface area contributed by atoms with Crippen LogP contribution in [0.5, 0.6) is 0 Å². The largest absolute Gasteiger partial charge is 0.325 e.